The van der Waals surface area contributed by atoms with Crippen molar-refractivity contribution in [2.24, 2.45) is 17.8 Å². The lowest BCUT2D eigenvalue weighted by Crippen LogP contribution is -2.80. The van der Waals surface area contributed by atoms with E-state index in [-0.39, 0.29) is 51.1 Å². The quantitative estimate of drug-likeness (QED) is 0.0253. The molecule has 19 heteroatoms. The summed E-state index contributed by atoms with van der Waals surface area (Å²) in [5, 5.41) is 2.56. The Kier molecular flexibility index (Phi) is 23.0. The number of esters is 4. The van der Waals surface area contributed by atoms with Crippen LogP contribution < -0.4 is 5.32 Å². The van der Waals surface area contributed by atoms with E-state index in [0.29, 0.717) is 17.9 Å². The van der Waals surface area contributed by atoms with Crippen LogP contribution in [0.5, 0.6) is 0 Å². The van der Waals surface area contributed by atoms with Crippen LogP contribution >= 0.6 is 0 Å². The summed E-state index contributed by atoms with van der Waals surface area (Å²) in [5.41, 5.74) is -5.63. The van der Waals surface area contributed by atoms with E-state index in [4.69, 9.17) is 61.6 Å². The van der Waals surface area contributed by atoms with Crippen molar-refractivity contribution >= 4 is 30.0 Å². The number of ether oxygens (including phenoxy) is 13. The third kappa shape index (κ3) is 15.0. The Morgan fingerprint density at radius 1 is 0.882 bits per heavy atom. The van der Waals surface area contributed by atoms with Gasteiger partial charge in [-0.3, -0.25) is 10.1 Å². The third-order valence-corrected chi connectivity index (χ3v) is 11.6. The molecule has 2 saturated heterocycles. The lowest BCUT2D eigenvalue weighted by Gasteiger charge is -2.52. The van der Waals surface area contributed by atoms with E-state index in [0.717, 1.165) is 32.6 Å². The van der Waals surface area contributed by atoms with Crippen LogP contribution in [0.15, 0.2) is 54.6 Å². The van der Waals surface area contributed by atoms with Gasteiger partial charge in [-0.1, -0.05) is 77.1 Å². The van der Waals surface area contributed by atoms with Crippen molar-refractivity contribution < 1.29 is 85.6 Å². The van der Waals surface area contributed by atoms with Gasteiger partial charge in [0.1, 0.15) is 25.3 Å². The molecule has 0 aromatic heterocycles. The van der Waals surface area contributed by atoms with Crippen molar-refractivity contribution in [3.05, 3.63) is 60.2 Å². The van der Waals surface area contributed by atoms with Gasteiger partial charge in [-0.05, 0) is 63.0 Å². The zero-order chi connectivity index (χ0) is 50.7. The summed E-state index contributed by atoms with van der Waals surface area (Å²) < 4.78 is 76.7. The smallest absolute Gasteiger partial charge is 0.409 e. The molecule has 1 aromatic rings. The van der Waals surface area contributed by atoms with Crippen molar-refractivity contribution in [2.75, 3.05) is 68.5 Å². The third-order valence-electron chi connectivity index (χ3n) is 11.6. The number of alkyl carbamates (subject to hydrolysis) is 1. The van der Waals surface area contributed by atoms with E-state index < -0.39 is 90.7 Å². The minimum Gasteiger partial charge on any atom is -0.467 e. The Labute approximate surface area is 401 Å². The first-order chi connectivity index (χ1) is 32.2. The Morgan fingerprint density at radius 2 is 1.51 bits per heavy atom. The minimum absolute atomic E-state index is 0.0400. The maximum Gasteiger partial charge on any atom is 0.409 e. The molecule has 0 spiro atoms. The first-order valence-electron chi connectivity index (χ1n) is 22.9. The van der Waals surface area contributed by atoms with Crippen LogP contribution in [0.2, 0.25) is 0 Å². The molecule has 68 heavy (non-hydrogen) atoms. The first-order valence-corrected chi connectivity index (χ1v) is 22.9. The van der Waals surface area contributed by atoms with Crippen LogP contribution in [0.4, 0.5) is 4.79 Å². The zero-order valence-corrected chi connectivity index (χ0v) is 41.9. The second-order valence-corrected chi connectivity index (χ2v) is 18.1. The molecule has 1 N–H and O–H groups in total. The summed E-state index contributed by atoms with van der Waals surface area (Å²) in [6.07, 6.45) is -3.14. The fraction of sp³-hybridized carbons (Fsp3) is 0.694. The standard InChI is InChI=1S/C49H75NO18/c1-14-32(2)28-33(3)20-21-38(52)65-41-40(62-30-60-26-24-56-10)47(23-22-34(4)39(64-36(6)51)35(5)29-37-18-16-15-17-19-37)66-42(50-45(55)67-46(7,8)9)49(44(54)59-13,63-31-61-27-25-57-11)48(41,68-47)43(53)58-12/h15-21,32-33,35,39-42H,4,14,22-31H2,1-3,5-13H3,(H,50,55)/b21-20+/t32-,33+,35+,39+,40+,41+,42-,47-,48-,49+/m0/s1. The zero-order valence-electron chi connectivity index (χ0n) is 41.9. The molecule has 0 aliphatic carbocycles. The highest BCUT2D eigenvalue weighted by Gasteiger charge is 2.87. The van der Waals surface area contributed by atoms with E-state index in [1.807, 2.05) is 44.2 Å². The van der Waals surface area contributed by atoms with Gasteiger partial charge in [0.25, 0.3) is 11.2 Å². The number of allylic oxidation sites excluding steroid dienone is 1. The second-order valence-electron chi connectivity index (χ2n) is 18.1. The number of amides is 1. The van der Waals surface area contributed by atoms with Gasteiger partial charge in [0.2, 0.25) is 5.79 Å². The Bertz CT molecular complexity index is 1820. The second kappa shape index (κ2) is 27.1. The van der Waals surface area contributed by atoms with Gasteiger partial charge in [-0.25, -0.2) is 19.2 Å². The molecule has 10 atom stereocenters. The number of hydrogen-bond donors (Lipinski definition) is 1. The number of carbonyl (C=O) groups excluding carboxylic acids is 5. The average Bonchev–Trinajstić information content (AvgIpc) is 3.51. The molecule has 19 nitrogen and oxygen atoms in total. The lowest BCUT2D eigenvalue weighted by atomic mass is 9.76. The lowest BCUT2D eigenvalue weighted by molar-refractivity contribution is -0.398. The molecular formula is C49H75NO18. The number of nitrogens with one attached hydrogen (secondary N) is 1. The fourth-order valence-corrected chi connectivity index (χ4v) is 8.25. The molecule has 384 valence electrons. The van der Waals surface area contributed by atoms with Crippen LogP contribution in [0.3, 0.4) is 0 Å². The highest BCUT2D eigenvalue weighted by atomic mass is 16.8. The number of fused-ring (bicyclic) bond motifs is 2. The molecule has 1 aromatic carbocycles. The average molecular weight is 966 g/mol. The largest absolute Gasteiger partial charge is 0.467 e. The monoisotopic (exact) mass is 965 g/mol. The minimum atomic E-state index is -2.97. The van der Waals surface area contributed by atoms with Crippen molar-refractivity contribution in [1.82, 2.24) is 5.32 Å². The van der Waals surface area contributed by atoms with Crippen LogP contribution in [0, 0.1) is 17.8 Å². The Hall–Kier alpha value is -4.47. The molecular weight excluding hydrogens is 891 g/mol. The van der Waals surface area contributed by atoms with Gasteiger partial charge in [0.05, 0.1) is 40.6 Å². The van der Waals surface area contributed by atoms with E-state index >= 15 is 4.79 Å². The molecule has 2 fully saturated rings. The van der Waals surface area contributed by atoms with Gasteiger partial charge in [-0.2, -0.15) is 0 Å². The van der Waals surface area contributed by atoms with Crippen LogP contribution in [-0.2, 0) is 87.2 Å². The Balaban J connectivity index is 2.40. The van der Waals surface area contributed by atoms with Crippen LogP contribution in [0.25, 0.3) is 0 Å². The summed E-state index contributed by atoms with van der Waals surface area (Å²) in [6.45, 7) is 17.4. The summed E-state index contributed by atoms with van der Waals surface area (Å²) in [7, 11) is 4.94. The van der Waals surface area contributed by atoms with Crippen molar-refractivity contribution in [2.45, 2.75) is 135 Å². The van der Waals surface area contributed by atoms with Gasteiger partial charge in [0, 0.05) is 39.6 Å². The van der Waals surface area contributed by atoms with Gasteiger partial charge in [0.15, 0.2) is 18.4 Å². The fourth-order valence-electron chi connectivity index (χ4n) is 8.25. The van der Waals surface area contributed by atoms with E-state index in [9.17, 15) is 19.2 Å². The number of methoxy groups -OCH3 is 4. The molecule has 1 amide bonds. The summed E-state index contributed by atoms with van der Waals surface area (Å²) in [6, 6.07) is 9.60. The van der Waals surface area contributed by atoms with E-state index in [2.05, 4.69) is 25.7 Å². The molecule has 2 bridgehead atoms. The molecule has 2 aliphatic rings. The highest BCUT2D eigenvalue weighted by molar-refractivity contribution is 5.96. The van der Waals surface area contributed by atoms with Crippen molar-refractivity contribution in [3.63, 3.8) is 0 Å². The molecule has 0 saturated carbocycles. The van der Waals surface area contributed by atoms with Gasteiger partial charge < -0.3 is 61.6 Å². The number of benzene rings is 1. The van der Waals surface area contributed by atoms with Crippen LogP contribution in [-0.4, -0.2) is 146 Å². The predicted molar refractivity (Wildman–Crippen MR) is 244 cm³/mol. The van der Waals surface area contributed by atoms with Crippen LogP contribution in [0.1, 0.15) is 86.6 Å². The van der Waals surface area contributed by atoms with Crippen molar-refractivity contribution in [3.8, 4) is 0 Å². The predicted octanol–water partition coefficient (Wildman–Crippen LogP) is 5.75. The summed E-state index contributed by atoms with van der Waals surface area (Å²) in [4.78, 5) is 70.6. The molecule has 0 radical (unpaired) electrons. The van der Waals surface area contributed by atoms with E-state index in [1.165, 1.54) is 27.2 Å². The SMILES string of the molecule is C=C(CC[C@]12O[C@H](NC(=O)OC(C)(C)C)[C@@](OCOCCOC)(C(=O)OC)[C@](C(=O)OC)(O1)[C@H](OC(=O)/C=C/[C@@H](C)C[C@@H](C)CC)[C@H]2OCOCCOC)[C@@H](OC(C)=O)[C@H](C)Cc1ccccc1. The maximum atomic E-state index is 15.0. The molecule has 3 rings (SSSR count). The number of carbonyl (C=O) groups is 5. The normalized spacial score (nSPS) is 25.1. The summed E-state index contributed by atoms with van der Waals surface area (Å²) in [5.74, 6) is -6.54. The highest BCUT2D eigenvalue weighted by Crippen LogP contribution is 2.58. The molecule has 2 aliphatic heterocycles. The van der Waals surface area contributed by atoms with Crippen molar-refractivity contribution in [1.29, 1.82) is 0 Å². The Morgan fingerprint density at radius 3 is 2.09 bits per heavy atom. The summed E-state index contributed by atoms with van der Waals surface area (Å²) >= 11 is 0. The molecule has 2 heterocycles. The van der Waals surface area contributed by atoms with Gasteiger partial charge >= 0.3 is 30.0 Å². The van der Waals surface area contributed by atoms with Gasteiger partial charge in [-0.15, -0.1) is 0 Å². The van der Waals surface area contributed by atoms with E-state index in [1.54, 1.807) is 26.8 Å². The topological polar surface area (TPSA) is 217 Å². The maximum absolute atomic E-state index is 15.0. The first kappa shape index (κ1) is 57.8. The number of hydrogen-bond acceptors (Lipinski definition) is 18. The number of rotatable bonds is 29. The molecule has 0 unspecified atom stereocenters.